The fourth-order valence-corrected chi connectivity index (χ4v) is 3.28. The van der Waals surface area contributed by atoms with Crippen LogP contribution in [0.15, 0.2) is 24.4 Å². The largest absolute Gasteiger partial charge is 0.486 e. The molecule has 1 aliphatic rings. The Morgan fingerprint density at radius 3 is 2.83 bits per heavy atom. The second-order valence-electron chi connectivity index (χ2n) is 6.69. The number of carbonyl (C=O) groups is 2. The maximum absolute atomic E-state index is 14.5. The van der Waals surface area contributed by atoms with Crippen LogP contribution < -0.4 is 10.1 Å². The van der Waals surface area contributed by atoms with E-state index in [1.165, 1.54) is 30.1 Å². The second kappa shape index (κ2) is 8.77. The highest BCUT2D eigenvalue weighted by molar-refractivity contribution is 5.94. The van der Waals surface area contributed by atoms with Gasteiger partial charge in [-0.2, -0.15) is 10.4 Å². The zero-order valence-electron chi connectivity index (χ0n) is 16.0. The van der Waals surface area contributed by atoms with Crippen molar-refractivity contribution in [2.45, 2.75) is 25.2 Å². The molecule has 9 nitrogen and oxygen atoms in total. The van der Waals surface area contributed by atoms with Crippen molar-refractivity contribution in [3.8, 4) is 11.8 Å². The first-order valence-corrected chi connectivity index (χ1v) is 9.08. The van der Waals surface area contributed by atoms with Crippen molar-refractivity contribution in [3.63, 3.8) is 0 Å². The van der Waals surface area contributed by atoms with Crippen LogP contribution in [0.3, 0.4) is 0 Å². The van der Waals surface area contributed by atoms with Crippen molar-refractivity contribution in [1.29, 1.82) is 5.26 Å². The number of benzene rings is 1. The number of alkyl halides is 1. The summed E-state index contributed by atoms with van der Waals surface area (Å²) in [5, 5.41) is 25.0. The minimum atomic E-state index is -1.52. The van der Waals surface area contributed by atoms with Gasteiger partial charge in [-0.3, -0.25) is 4.79 Å². The molecule has 30 heavy (non-hydrogen) atoms. The SMILES string of the molecule is CNC(=O)c1ccc(OCc2cnn([C@H]3CCN(C(=O)O)C[C@@H]3F)c2C#N)c(F)c1. The lowest BCUT2D eigenvalue weighted by atomic mass is 10.0. The molecule has 0 saturated carbocycles. The number of piperidine rings is 1. The molecule has 1 aromatic heterocycles. The van der Waals surface area contributed by atoms with Gasteiger partial charge in [-0.05, 0) is 24.6 Å². The van der Waals surface area contributed by atoms with Gasteiger partial charge in [0.25, 0.3) is 5.91 Å². The first-order chi connectivity index (χ1) is 14.3. The molecular formula is C19H19F2N5O4. The van der Waals surface area contributed by atoms with E-state index in [9.17, 15) is 23.6 Å². The van der Waals surface area contributed by atoms with E-state index in [2.05, 4.69) is 10.4 Å². The lowest BCUT2D eigenvalue weighted by Crippen LogP contribution is -2.45. The van der Waals surface area contributed by atoms with Gasteiger partial charge in [0.1, 0.15) is 24.5 Å². The Morgan fingerprint density at radius 1 is 1.47 bits per heavy atom. The Hall–Kier alpha value is -3.68. The molecule has 0 spiro atoms. The molecule has 2 atom stereocenters. The van der Waals surface area contributed by atoms with E-state index in [0.717, 1.165) is 11.0 Å². The lowest BCUT2D eigenvalue weighted by molar-refractivity contribution is 0.0751. The Labute approximate surface area is 170 Å². The molecule has 0 aliphatic carbocycles. The highest BCUT2D eigenvalue weighted by atomic mass is 19.1. The van der Waals surface area contributed by atoms with Crippen LogP contribution >= 0.6 is 0 Å². The number of nitrogens with zero attached hydrogens (tertiary/aromatic N) is 4. The average molecular weight is 419 g/mol. The van der Waals surface area contributed by atoms with Crippen molar-refractivity contribution in [3.05, 3.63) is 47.0 Å². The van der Waals surface area contributed by atoms with Crippen LogP contribution in [0, 0.1) is 17.1 Å². The molecule has 2 amide bonds. The third kappa shape index (κ3) is 4.17. The number of rotatable bonds is 5. The van der Waals surface area contributed by atoms with E-state index in [0.29, 0.717) is 5.56 Å². The van der Waals surface area contributed by atoms with Gasteiger partial charge < -0.3 is 20.1 Å². The lowest BCUT2D eigenvalue weighted by Gasteiger charge is -2.33. The van der Waals surface area contributed by atoms with Gasteiger partial charge in [0.2, 0.25) is 0 Å². The summed E-state index contributed by atoms with van der Waals surface area (Å²) in [4.78, 5) is 23.5. The minimum Gasteiger partial charge on any atom is -0.486 e. The first-order valence-electron chi connectivity index (χ1n) is 9.08. The second-order valence-corrected chi connectivity index (χ2v) is 6.69. The summed E-state index contributed by atoms with van der Waals surface area (Å²) in [5.74, 6) is -1.30. The number of carboxylic acid groups (broad SMARTS) is 1. The van der Waals surface area contributed by atoms with Crippen molar-refractivity contribution in [2.24, 2.45) is 0 Å². The Morgan fingerprint density at radius 2 is 2.23 bits per heavy atom. The highest BCUT2D eigenvalue weighted by Gasteiger charge is 2.34. The summed E-state index contributed by atoms with van der Waals surface area (Å²) in [5.41, 5.74) is 0.531. The number of hydrogen-bond donors (Lipinski definition) is 2. The van der Waals surface area contributed by atoms with E-state index in [1.54, 1.807) is 0 Å². The maximum Gasteiger partial charge on any atom is 0.407 e. The monoisotopic (exact) mass is 419 g/mol. The molecule has 11 heteroatoms. The third-order valence-electron chi connectivity index (χ3n) is 4.87. The first kappa shape index (κ1) is 21.0. The summed E-state index contributed by atoms with van der Waals surface area (Å²) in [6.07, 6.45) is -1.22. The molecule has 2 heterocycles. The molecule has 1 aromatic carbocycles. The topological polar surface area (TPSA) is 120 Å². The molecule has 3 rings (SSSR count). The quantitative estimate of drug-likeness (QED) is 0.766. The molecule has 1 fully saturated rings. The van der Waals surface area contributed by atoms with Gasteiger partial charge in [0.15, 0.2) is 11.6 Å². The smallest absolute Gasteiger partial charge is 0.407 e. The molecule has 0 bridgehead atoms. The predicted octanol–water partition coefficient (Wildman–Crippen LogP) is 2.10. The average Bonchev–Trinajstić information content (AvgIpc) is 3.14. The van der Waals surface area contributed by atoms with Crippen LogP contribution in [0.2, 0.25) is 0 Å². The molecule has 2 aromatic rings. The minimum absolute atomic E-state index is 0.0637. The van der Waals surface area contributed by atoms with Crippen molar-refractivity contribution < 1.29 is 28.2 Å². The van der Waals surface area contributed by atoms with Crippen LogP contribution in [0.25, 0.3) is 0 Å². The van der Waals surface area contributed by atoms with Crippen LogP contribution in [0.4, 0.5) is 13.6 Å². The third-order valence-corrected chi connectivity index (χ3v) is 4.87. The van der Waals surface area contributed by atoms with Crippen molar-refractivity contribution in [1.82, 2.24) is 20.0 Å². The number of amides is 2. The van der Waals surface area contributed by atoms with Crippen LogP contribution in [-0.2, 0) is 6.61 Å². The van der Waals surface area contributed by atoms with Gasteiger partial charge >= 0.3 is 6.09 Å². The number of carbonyl (C=O) groups excluding carboxylic acids is 1. The summed E-state index contributed by atoms with van der Waals surface area (Å²) in [7, 11) is 1.43. The van der Waals surface area contributed by atoms with Gasteiger partial charge in [0.05, 0.1) is 18.8 Å². The molecule has 0 radical (unpaired) electrons. The zero-order valence-corrected chi connectivity index (χ0v) is 16.0. The van der Waals surface area contributed by atoms with E-state index in [4.69, 9.17) is 9.84 Å². The van der Waals surface area contributed by atoms with Crippen LogP contribution in [0.5, 0.6) is 5.75 Å². The molecule has 2 N–H and O–H groups in total. The molecular weight excluding hydrogens is 400 g/mol. The molecule has 1 aliphatic heterocycles. The molecule has 1 saturated heterocycles. The van der Waals surface area contributed by atoms with E-state index in [1.807, 2.05) is 6.07 Å². The molecule has 0 unspecified atom stereocenters. The van der Waals surface area contributed by atoms with Gasteiger partial charge in [-0.1, -0.05) is 0 Å². The predicted molar refractivity (Wildman–Crippen MR) is 99.2 cm³/mol. The summed E-state index contributed by atoms with van der Waals surface area (Å²) >= 11 is 0. The fraction of sp³-hybridized carbons (Fsp3) is 0.368. The standard InChI is InChI=1S/C19H19F2N5O4/c1-23-18(27)11-2-3-17(13(20)6-11)30-10-12-8-24-26(16(12)7-22)15-4-5-25(19(28)29)9-14(15)21/h2-3,6,8,14-15H,4-5,9-10H2,1H3,(H,23,27)(H,28,29)/t14-,15-/m0/s1. The number of halogens is 2. The number of aromatic nitrogens is 2. The highest BCUT2D eigenvalue weighted by Crippen LogP contribution is 2.28. The fourth-order valence-electron chi connectivity index (χ4n) is 3.28. The number of nitriles is 1. The van der Waals surface area contributed by atoms with Crippen LogP contribution in [0.1, 0.15) is 34.1 Å². The van der Waals surface area contributed by atoms with E-state index in [-0.39, 0.29) is 43.1 Å². The summed E-state index contributed by atoms with van der Waals surface area (Å²) in [6.45, 7) is -0.372. The van der Waals surface area contributed by atoms with E-state index < -0.39 is 30.0 Å². The normalized spacial score (nSPS) is 18.5. The van der Waals surface area contributed by atoms with Crippen LogP contribution in [-0.4, -0.2) is 58.1 Å². The maximum atomic E-state index is 14.5. The Kier molecular flexibility index (Phi) is 6.15. The van der Waals surface area contributed by atoms with Gasteiger partial charge in [-0.25, -0.2) is 18.3 Å². The summed E-state index contributed by atoms with van der Waals surface area (Å²) in [6, 6.07) is 4.91. The van der Waals surface area contributed by atoms with Gasteiger partial charge in [-0.15, -0.1) is 0 Å². The summed E-state index contributed by atoms with van der Waals surface area (Å²) < 4.78 is 35.4. The van der Waals surface area contributed by atoms with Crippen molar-refractivity contribution >= 4 is 12.0 Å². The van der Waals surface area contributed by atoms with E-state index >= 15 is 0 Å². The Balaban J connectivity index is 1.73. The number of nitrogens with one attached hydrogen (secondary N) is 1. The van der Waals surface area contributed by atoms with Crippen molar-refractivity contribution in [2.75, 3.05) is 20.1 Å². The molecule has 158 valence electrons. The van der Waals surface area contributed by atoms with Gasteiger partial charge in [0, 0.05) is 24.7 Å². The number of ether oxygens (including phenoxy) is 1. The Bertz CT molecular complexity index is 1000. The number of likely N-dealkylation sites (tertiary alicyclic amines) is 1. The zero-order chi connectivity index (χ0) is 21.8. The number of hydrogen-bond acceptors (Lipinski definition) is 5.